The molecule has 2 unspecified atom stereocenters. The fourth-order valence-corrected chi connectivity index (χ4v) is 4.26. The molecule has 3 aromatic rings. The van der Waals surface area contributed by atoms with Crippen LogP contribution in [0.3, 0.4) is 0 Å². The van der Waals surface area contributed by atoms with Crippen LogP contribution in [0.15, 0.2) is 72.8 Å². The Kier molecular flexibility index (Phi) is 7.15. The minimum absolute atomic E-state index is 0.0527. The van der Waals surface area contributed by atoms with Gasteiger partial charge in [-0.15, -0.1) is 0 Å². The van der Waals surface area contributed by atoms with Gasteiger partial charge in [-0.1, -0.05) is 85.3 Å². The van der Waals surface area contributed by atoms with E-state index in [0.29, 0.717) is 5.56 Å². The first-order chi connectivity index (χ1) is 16.8. The topological polar surface area (TPSA) is 105 Å². The van der Waals surface area contributed by atoms with E-state index in [1.54, 1.807) is 12.1 Å². The molecule has 2 amide bonds. The Balaban J connectivity index is 1.47. The van der Waals surface area contributed by atoms with Crippen LogP contribution in [-0.2, 0) is 14.3 Å². The van der Waals surface area contributed by atoms with E-state index in [9.17, 15) is 14.4 Å². The minimum atomic E-state index is -1.02. The maximum atomic E-state index is 12.9. The van der Waals surface area contributed by atoms with E-state index in [-0.39, 0.29) is 19.1 Å². The number of benzene rings is 3. The Morgan fingerprint density at radius 1 is 0.914 bits per heavy atom. The predicted octanol–water partition coefficient (Wildman–Crippen LogP) is 4.41. The van der Waals surface area contributed by atoms with E-state index in [2.05, 4.69) is 22.8 Å². The lowest BCUT2D eigenvalue weighted by Gasteiger charge is -2.21. The molecule has 0 fully saturated rings. The summed E-state index contributed by atoms with van der Waals surface area (Å²) in [5, 5.41) is 14.4. The number of aliphatic carboxylic acids is 1. The summed E-state index contributed by atoms with van der Waals surface area (Å²) in [7, 11) is 0. The lowest BCUT2D eigenvalue weighted by Crippen LogP contribution is -2.42. The Morgan fingerprint density at radius 2 is 1.49 bits per heavy atom. The van der Waals surface area contributed by atoms with E-state index in [4.69, 9.17) is 9.84 Å². The van der Waals surface area contributed by atoms with Crippen molar-refractivity contribution in [2.24, 2.45) is 5.92 Å². The van der Waals surface area contributed by atoms with Crippen molar-refractivity contribution in [3.05, 3.63) is 95.1 Å². The molecule has 7 heteroatoms. The van der Waals surface area contributed by atoms with Gasteiger partial charge >= 0.3 is 12.1 Å². The van der Waals surface area contributed by atoms with Crippen LogP contribution in [0.2, 0.25) is 0 Å². The number of carboxylic acids is 1. The Bertz CT molecular complexity index is 1190. The molecule has 3 aromatic carbocycles. The predicted molar refractivity (Wildman–Crippen MR) is 132 cm³/mol. The summed E-state index contributed by atoms with van der Waals surface area (Å²) in [4.78, 5) is 36.8. The summed E-state index contributed by atoms with van der Waals surface area (Å²) in [6.07, 6.45) is -0.723. The van der Waals surface area contributed by atoms with E-state index < -0.39 is 29.9 Å². The molecule has 7 nitrogen and oxygen atoms in total. The number of amides is 2. The van der Waals surface area contributed by atoms with E-state index >= 15 is 0 Å². The molecule has 35 heavy (non-hydrogen) atoms. The smallest absolute Gasteiger partial charge is 0.408 e. The number of ether oxygens (including phenoxy) is 1. The van der Waals surface area contributed by atoms with Gasteiger partial charge in [-0.3, -0.25) is 9.59 Å². The maximum Gasteiger partial charge on any atom is 0.408 e. The molecule has 0 saturated heterocycles. The summed E-state index contributed by atoms with van der Waals surface area (Å²) in [5.74, 6) is -2.37. The molecule has 180 valence electrons. The second-order valence-electron chi connectivity index (χ2n) is 8.80. The summed E-state index contributed by atoms with van der Waals surface area (Å²) < 4.78 is 5.61. The molecular formula is C28H28N2O5. The molecule has 0 saturated carbocycles. The van der Waals surface area contributed by atoms with Gasteiger partial charge in [0.1, 0.15) is 12.6 Å². The van der Waals surface area contributed by atoms with Crippen molar-refractivity contribution in [3.8, 4) is 11.1 Å². The fourth-order valence-electron chi connectivity index (χ4n) is 4.26. The number of fused-ring (bicyclic) bond motifs is 3. The second-order valence-corrected chi connectivity index (χ2v) is 8.80. The zero-order valence-electron chi connectivity index (χ0n) is 19.7. The van der Waals surface area contributed by atoms with Crippen molar-refractivity contribution in [3.63, 3.8) is 0 Å². The molecule has 1 aliphatic carbocycles. The van der Waals surface area contributed by atoms with E-state index in [1.165, 1.54) is 6.92 Å². The minimum Gasteiger partial charge on any atom is -0.481 e. The number of hydrogen-bond acceptors (Lipinski definition) is 4. The summed E-state index contributed by atoms with van der Waals surface area (Å²) >= 11 is 0. The van der Waals surface area contributed by atoms with Crippen molar-refractivity contribution in [1.82, 2.24) is 10.6 Å². The van der Waals surface area contributed by atoms with Crippen LogP contribution in [0, 0.1) is 12.8 Å². The first-order valence-corrected chi connectivity index (χ1v) is 11.5. The fraction of sp³-hybridized carbons (Fsp3) is 0.250. The Labute approximate surface area is 204 Å². The molecule has 0 bridgehead atoms. The van der Waals surface area contributed by atoms with Crippen molar-refractivity contribution in [2.45, 2.75) is 25.8 Å². The number of aryl methyl sites for hydroxylation is 1. The molecular weight excluding hydrogens is 444 g/mol. The van der Waals surface area contributed by atoms with Crippen LogP contribution in [0.1, 0.15) is 41.1 Å². The number of nitrogens with one attached hydrogen (secondary N) is 2. The molecule has 3 N–H and O–H groups in total. The molecule has 1 aliphatic rings. The maximum absolute atomic E-state index is 12.9. The molecule has 0 aromatic heterocycles. The summed E-state index contributed by atoms with van der Waals surface area (Å²) in [5.41, 5.74) is 6.02. The van der Waals surface area contributed by atoms with Gasteiger partial charge in [0, 0.05) is 12.5 Å². The Hall–Kier alpha value is -4.13. The number of carboxylic acid groups (broad SMARTS) is 1. The normalized spacial score (nSPS) is 13.8. The molecule has 2 atom stereocenters. The van der Waals surface area contributed by atoms with Crippen LogP contribution in [0.4, 0.5) is 4.79 Å². The second kappa shape index (κ2) is 10.4. The molecule has 0 aliphatic heterocycles. The van der Waals surface area contributed by atoms with Gasteiger partial charge in [0.25, 0.3) is 0 Å². The number of rotatable bonds is 8. The van der Waals surface area contributed by atoms with Crippen molar-refractivity contribution >= 4 is 18.0 Å². The molecule has 0 heterocycles. The van der Waals surface area contributed by atoms with E-state index in [1.807, 2.05) is 55.5 Å². The van der Waals surface area contributed by atoms with Crippen LogP contribution in [0.25, 0.3) is 11.1 Å². The van der Waals surface area contributed by atoms with Crippen LogP contribution in [0.5, 0.6) is 0 Å². The van der Waals surface area contributed by atoms with Gasteiger partial charge in [-0.05, 0) is 34.7 Å². The van der Waals surface area contributed by atoms with Gasteiger partial charge in [0.2, 0.25) is 5.91 Å². The highest BCUT2D eigenvalue weighted by atomic mass is 16.5. The third-order valence-corrected chi connectivity index (χ3v) is 6.28. The monoisotopic (exact) mass is 472 g/mol. The lowest BCUT2D eigenvalue weighted by molar-refractivity contribution is -0.141. The summed E-state index contributed by atoms with van der Waals surface area (Å²) in [6, 6.07) is 22.3. The summed E-state index contributed by atoms with van der Waals surface area (Å²) in [6.45, 7) is 3.50. The van der Waals surface area contributed by atoms with Gasteiger partial charge in [-0.2, -0.15) is 0 Å². The van der Waals surface area contributed by atoms with Crippen molar-refractivity contribution in [1.29, 1.82) is 0 Å². The molecule has 0 spiro atoms. The largest absolute Gasteiger partial charge is 0.481 e. The van der Waals surface area contributed by atoms with Gasteiger partial charge < -0.3 is 20.5 Å². The number of carbonyl (C=O) groups excluding carboxylic acids is 2. The van der Waals surface area contributed by atoms with Gasteiger partial charge in [-0.25, -0.2) is 4.79 Å². The van der Waals surface area contributed by atoms with Gasteiger partial charge in [0.05, 0.1) is 5.92 Å². The van der Waals surface area contributed by atoms with Crippen LogP contribution < -0.4 is 10.6 Å². The van der Waals surface area contributed by atoms with Gasteiger partial charge in [0.15, 0.2) is 0 Å². The quantitative estimate of drug-likeness (QED) is 0.450. The average Bonchev–Trinajstić information content (AvgIpc) is 3.18. The van der Waals surface area contributed by atoms with Crippen molar-refractivity contribution < 1.29 is 24.2 Å². The number of hydrogen-bond donors (Lipinski definition) is 3. The first-order valence-electron chi connectivity index (χ1n) is 11.5. The van der Waals surface area contributed by atoms with Crippen LogP contribution >= 0.6 is 0 Å². The lowest BCUT2D eigenvalue weighted by atomic mass is 9.98. The highest BCUT2D eigenvalue weighted by molar-refractivity contribution is 5.87. The molecule has 0 radical (unpaired) electrons. The molecule has 4 rings (SSSR count). The zero-order chi connectivity index (χ0) is 24.9. The highest BCUT2D eigenvalue weighted by Crippen LogP contribution is 2.44. The number of carbonyl (C=O) groups is 3. The van der Waals surface area contributed by atoms with Crippen LogP contribution in [-0.4, -0.2) is 36.2 Å². The first kappa shape index (κ1) is 24.0. The highest BCUT2D eigenvalue weighted by Gasteiger charge is 2.30. The number of alkyl carbamates (subject to hydrolysis) is 1. The van der Waals surface area contributed by atoms with Crippen molar-refractivity contribution in [2.75, 3.05) is 13.2 Å². The standard InChI is InChI=1S/C28H28N2O5/c1-17-11-13-19(14-12-17)25(26(31)29-15-18(2)27(32)33)30-28(34)35-16-24-22-9-5-3-7-20(22)21-8-4-6-10-23(21)24/h3-14,18,24-25H,15-16H2,1-2H3,(H,29,31)(H,30,34)(H,32,33). The average molecular weight is 473 g/mol. The Morgan fingerprint density at radius 3 is 2.06 bits per heavy atom. The zero-order valence-corrected chi connectivity index (χ0v) is 19.7. The van der Waals surface area contributed by atoms with E-state index in [0.717, 1.165) is 27.8 Å². The third-order valence-electron chi connectivity index (χ3n) is 6.28. The third kappa shape index (κ3) is 5.35. The SMILES string of the molecule is Cc1ccc(C(NC(=O)OCC2c3ccccc3-c3ccccc32)C(=O)NCC(C)C(=O)O)cc1.